The number of hydrogen-bond donors (Lipinski definition) is 1. The highest BCUT2D eigenvalue weighted by molar-refractivity contribution is 6.26. The van der Waals surface area contributed by atoms with E-state index in [4.69, 9.17) is 11.6 Å². The van der Waals surface area contributed by atoms with Crippen LogP contribution in [0.5, 0.6) is 0 Å². The van der Waals surface area contributed by atoms with Crippen LogP contribution in [0.25, 0.3) is 0 Å². The van der Waals surface area contributed by atoms with Gasteiger partial charge in [0.1, 0.15) is 0 Å². The summed E-state index contributed by atoms with van der Waals surface area (Å²) in [5.41, 5.74) is 0. The van der Waals surface area contributed by atoms with Crippen LogP contribution < -0.4 is 5.32 Å². The molecule has 3 unspecified atom stereocenters. The zero-order valence-corrected chi connectivity index (χ0v) is 10.1. The van der Waals surface area contributed by atoms with E-state index >= 15 is 0 Å². The highest BCUT2D eigenvalue weighted by Gasteiger charge is 2.46. The second kappa shape index (κ2) is 4.02. The van der Waals surface area contributed by atoms with Crippen molar-refractivity contribution in [2.75, 3.05) is 0 Å². The maximum atomic E-state index is 6.40. The van der Waals surface area contributed by atoms with Crippen molar-refractivity contribution < 1.29 is 0 Å². The molecule has 0 aromatic heterocycles. The maximum absolute atomic E-state index is 6.40. The Labute approximate surface area is 92.6 Å². The summed E-state index contributed by atoms with van der Waals surface area (Å²) in [5.74, 6) is 0.838. The van der Waals surface area contributed by atoms with Crippen LogP contribution in [0.3, 0.4) is 0 Å². The highest BCUT2D eigenvalue weighted by atomic mass is 35.5. The molecule has 0 spiro atoms. The summed E-state index contributed by atoms with van der Waals surface area (Å²) < 4.78 is 0. The van der Waals surface area contributed by atoms with E-state index in [-0.39, 0.29) is 4.87 Å². The van der Waals surface area contributed by atoms with Crippen LogP contribution in [0.1, 0.15) is 52.4 Å². The minimum absolute atomic E-state index is 0.108. The van der Waals surface area contributed by atoms with Gasteiger partial charge in [-0.15, -0.1) is 11.6 Å². The van der Waals surface area contributed by atoms with Crippen LogP contribution in [-0.2, 0) is 0 Å². The number of hydrogen-bond acceptors (Lipinski definition) is 1. The second-order valence-corrected chi connectivity index (χ2v) is 6.04. The first-order valence-electron chi connectivity index (χ1n) is 6.07. The molecule has 1 N–H and O–H groups in total. The molecule has 3 atom stereocenters. The van der Waals surface area contributed by atoms with E-state index in [1.165, 1.54) is 38.5 Å². The van der Waals surface area contributed by atoms with Crippen LogP contribution in [-0.4, -0.2) is 17.0 Å². The average molecular weight is 216 g/mol. The van der Waals surface area contributed by atoms with E-state index < -0.39 is 0 Å². The van der Waals surface area contributed by atoms with E-state index in [9.17, 15) is 0 Å². The van der Waals surface area contributed by atoms with Crippen molar-refractivity contribution in [3.63, 3.8) is 0 Å². The summed E-state index contributed by atoms with van der Waals surface area (Å²) in [6.45, 7) is 4.62. The Balaban J connectivity index is 1.83. The van der Waals surface area contributed by atoms with Gasteiger partial charge in [0.2, 0.25) is 0 Å². The largest absolute Gasteiger partial charge is 0.309 e. The van der Waals surface area contributed by atoms with Gasteiger partial charge in [-0.2, -0.15) is 0 Å². The Kier molecular flexibility index (Phi) is 3.09. The van der Waals surface area contributed by atoms with Crippen molar-refractivity contribution in [3.05, 3.63) is 0 Å². The molecule has 0 amide bonds. The molecule has 1 nitrogen and oxygen atoms in total. The van der Waals surface area contributed by atoms with Crippen molar-refractivity contribution in [1.82, 2.24) is 5.32 Å². The number of halogens is 1. The summed E-state index contributed by atoms with van der Waals surface area (Å²) in [5, 5.41) is 3.74. The fourth-order valence-corrected chi connectivity index (χ4v) is 2.74. The van der Waals surface area contributed by atoms with Crippen LogP contribution in [0.15, 0.2) is 0 Å². The van der Waals surface area contributed by atoms with E-state index in [1.807, 2.05) is 0 Å². The highest BCUT2D eigenvalue weighted by Crippen LogP contribution is 2.45. The van der Waals surface area contributed by atoms with Gasteiger partial charge in [-0.1, -0.05) is 19.8 Å². The van der Waals surface area contributed by atoms with Crippen molar-refractivity contribution in [3.8, 4) is 0 Å². The van der Waals surface area contributed by atoms with Gasteiger partial charge in [0.05, 0.1) is 4.87 Å². The normalized spacial score (nSPS) is 37.9. The van der Waals surface area contributed by atoms with Crippen LogP contribution in [0, 0.1) is 5.92 Å². The summed E-state index contributed by atoms with van der Waals surface area (Å²) >= 11 is 6.40. The van der Waals surface area contributed by atoms with Crippen molar-refractivity contribution >= 4 is 11.6 Å². The number of nitrogens with one attached hydrogen (secondary N) is 1. The average Bonchev–Trinajstić information content (AvgIpc) is 2.89. The Morgan fingerprint density at radius 2 is 1.93 bits per heavy atom. The Morgan fingerprint density at radius 1 is 1.29 bits per heavy atom. The molecule has 0 radical (unpaired) electrons. The summed E-state index contributed by atoms with van der Waals surface area (Å²) in [4.78, 5) is 0.108. The molecular weight excluding hydrogens is 194 g/mol. The van der Waals surface area contributed by atoms with Gasteiger partial charge in [0.15, 0.2) is 0 Å². The van der Waals surface area contributed by atoms with Gasteiger partial charge in [-0.3, -0.25) is 0 Å². The molecule has 2 heteroatoms. The Morgan fingerprint density at radius 3 is 2.50 bits per heavy atom. The molecule has 0 bridgehead atoms. The van der Waals surface area contributed by atoms with Crippen molar-refractivity contribution in [1.29, 1.82) is 0 Å². The van der Waals surface area contributed by atoms with Gasteiger partial charge in [-0.05, 0) is 38.5 Å². The van der Waals surface area contributed by atoms with E-state index in [0.29, 0.717) is 6.04 Å². The molecule has 0 aromatic rings. The van der Waals surface area contributed by atoms with E-state index in [0.717, 1.165) is 12.0 Å². The molecule has 0 aliphatic heterocycles. The van der Waals surface area contributed by atoms with Crippen molar-refractivity contribution in [2.24, 2.45) is 5.92 Å². The first-order valence-corrected chi connectivity index (χ1v) is 6.44. The van der Waals surface area contributed by atoms with Crippen LogP contribution >= 0.6 is 11.6 Å². The number of alkyl halides is 1. The molecule has 2 rings (SSSR count). The van der Waals surface area contributed by atoms with Crippen molar-refractivity contribution in [2.45, 2.75) is 69.3 Å². The standard InChI is InChI=1S/C12H22ClN/c1-9-5-3-4-6-11(9)14-10(2)12(13)7-8-12/h9-11,14H,3-8H2,1-2H3. The van der Waals surface area contributed by atoms with E-state index in [1.54, 1.807) is 0 Å². The zero-order chi connectivity index (χ0) is 10.2. The van der Waals surface area contributed by atoms with Gasteiger partial charge in [-0.25, -0.2) is 0 Å². The smallest absolute Gasteiger partial charge is 0.0598 e. The molecule has 0 saturated heterocycles. The number of rotatable bonds is 3. The first kappa shape index (κ1) is 10.8. The third kappa shape index (κ3) is 2.25. The quantitative estimate of drug-likeness (QED) is 0.713. The molecule has 2 aliphatic carbocycles. The van der Waals surface area contributed by atoms with Gasteiger partial charge >= 0.3 is 0 Å². The third-order valence-electron chi connectivity index (χ3n) is 4.08. The molecule has 0 heterocycles. The maximum Gasteiger partial charge on any atom is 0.0598 e. The van der Waals surface area contributed by atoms with Gasteiger partial charge in [0.25, 0.3) is 0 Å². The first-order chi connectivity index (χ1) is 6.62. The fraction of sp³-hybridized carbons (Fsp3) is 1.00. The predicted molar refractivity (Wildman–Crippen MR) is 61.8 cm³/mol. The fourth-order valence-electron chi connectivity index (χ4n) is 2.59. The molecule has 0 aromatic carbocycles. The van der Waals surface area contributed by atoms with Crippen LogP contribution in [0.2, 0.25) is 0 Å². The molecule has 2 saturated carbocycles. The molecule has 2 fully saturated rings. The minimum Gasteiger partial charge on any atom is -0.309 e. The third-order valence-corrected chi connectivity index (χ3v) is 4.78. The molecule has 82 valence electrons. The monoisotopic (exact) mass is 215 g/mol. The zero-order valence-electron chi connectivity index (χ0n) is 9.35. The lowest BCUT2D eigenvalue weighted by atomic mass is 9.85. The SMILES string of the molecule is CC1CCCCC1NC(C)C1(Cl)CC1. The van der Waals surface area contributed by atoms with E-state index in [2.05, 4.69) is 19.2 Å². The Bertz CT molecular complexity index is 200. The summed E-state index contributed by atoms with van der Waals surface area (Å²) in [6, 6.07) is 1.21. The van der Waals surface area contributed by atoms with Crippen LogP contribution in [0.4, 0.5) is 0 Å². The summed E-state index contributed by atoms with van der Waals surface area (Å²) in [6.07, 6.45) is 7.94. The Hall–Kier alpha value is 0.250. The molecule has 14 heavy (non-hydrogen) atoms. The summed E-state index contributed by atoms with van der Waals surface area (Å²) in [7, 11) is 0. The predicted octanol–water partition coefficient (Wildman–Crippen LogP) is 3.31. The lowest BCUT2D eigenvalue weighted by Gasteiger charge is -2.33. The topological polar surface area (TPSA) is 12.0 Å². The molecular formula is C12H22ClN. The van der Waals surface area contributed by atoms with Gasteiger partial charge in [0, 0.05) is 12.1 Å². The lowest BCUT2D eigenvalue weighted by molar-refractivity contribution is 0.258. The molecule has 2 aliphatic rings. The minimum atomic E-state index is 0.108. The van der Waals surface area contributed by atoms with Gasteiger partial charge < -0.3 is 5.32 Å². The lowest BCUT2D eigenvalue weighted by Crippen LogP contribution is -2.46. The second-order valence-electron chi connectivity index (χ2n) is 5.29.